The van der Waals surface area contributed by atoms with E-state index in [1.54, 1.807) is 37.3 Å². The molecule has 0 aliphatic carbocycles. The lowest BCUT2D eigenvalue weighted by atomic mass is 10.1. The van der Waals surface area contributed by atoms with Crippen molar-refractivity contribution >= 4 is 17.3 Å². The molecule has 0 spiro atoms. The Hall–Kier alpha value is -3.72. The molecule has 1 heterocycles. The number of nitro groups is 1. The summed E-state index contributed by atoms with van der Waals surface area (Å²) in [5.41, 5.74) is 1.82. The van der Waals surface area contributed by atoms with Gasteiger partial charge in [-0.3, -0.25) is 10.1 Å². The van der Waals surface area contributed by atoms with Crippen LogP contribution >= 0.6 is 0 Å². The van der Waals surface area contributed by atoms with E-state index in [1.165, 1.54) is 30.3 Å². The number of benzene rings is 2. The highest BCUT2D eigenvalue weighted by molar-refractivity contribution is 5.88. The Kier molecular flexibility index (Phi) is 4.63. The number of nitrogens with zero attached hydrogens (tertiary/aromatic N) is 2. The Morgan fingerprint density at radius 3 is 2.73 bits per heavy atom. The van der Waals surface area contributed by atoms with Crippen molar-refractivity contribution in [2.45, 2.75) is 6.92 Å². The van der Waals surface area contributed by atoms with E-state index in [9.17, 15) is 19.8 Å². The molecule has 2 aromatic carbocycles. The summed E-state index contributed by atoms with van der Waals surface area (Å²) in [5.74, 6) is 0.399. The number of rotatable bonds is 4. The Morgan fingerprint density at radius 2 is 2.04 bits per heavy atom. The smallest absolute Gasteiger partial charge is 0.273 e. The lowest BCUT2D eigenvalue weighted by molar-refractivity contribution is -0.385. The van der Waals surface area contributed by atoms with Gasteiger partial charge in [-0.1, -0.05) is 24.3 Å². The number of halogens is 1. The Bertz CT molecular complexity index is 1060. The van der Waals surface area contributed by atoms with E-state index in [-0.39, 0.29) is 11.3 Å². The maximum atomic E-state index is 13.3. The van der Waals surface area contributed by atoms with Crippen LogP contribution in [0.25, 0.3) is 23.0 Å². The molecule has 0 radical (unpaired) electrons. The minimum atomic E-state index is -0.444. The normalized spacial score (nSPS) is 11.2. The van der Waals surface area contributed by atoms with Crippen LogP contribution in [0.1, 0.15) is 16.9 Å². The molecule has 5 nitrogen and oxygen atoms in total. The number of aryl methyl sites for hydroxylation is 1. The molecule has 0 saturated carbocycles. The summed E-state index contributed by atoms with van der Waals surface area (Å²) < 4.78 is 19.0. The minimum Gasteiger partial charge on any atom is -0.457 e. The summed E-state index contributed by atoms with van der Waals surface area (Å²) in [5, 5.41) is 20.4. The highest BCUT2D eigenvalue weighted by atomic mass is 19.1. The summed E-state index contributed by atoms with van der Waals surface area (Å²) >= 11 is 0. The summed E-state index contributed by atoms with van der Waals surface area (Å²) in [4.78, 5) is 10.6. The van der Waals surface area contributed by atoms with Crippen LogP contribution < -0.4 is 0 Å². The van der Waals surface area contributed by atoms with E-state index >= 15 is 0 Å². The first-order chi connectivity index (χ1) is 12.5. The molecule has 0 aliphatic heterocycles. The maximum absolute atomic E-state index is 13.3. The second-order valence-electron chi connectivity index (χ2n) is 5.64. The molecular formula is C20H13FN2O3. The first-order valence-electron chi connectivity index (χ1n) is 7.71. The molecule has 0 aliphatic rings. The highest BCUT2D eigenvalue weighted by Gasteiger charge is 2.14. The SMILES string of the molecule is Cc1ccc(-c2ccc(/C=C(/C#N)c3cccc(F)c3)o2)cc1[N+](=O)[O-]. The van der Waals surface area contributed by atoms with Crippen molar-refractivity contribution < 1.29 is 13.7 Å². The van der Waals surface area contributed by atoms with E-state index in [0.717, 1.165) is 0 Å². The molecule has 0 N–H and O–H groups in total. The first-order valence-corrected chi connectivity index (χ1v) is 7.71. The quantitative estimate of drug-likeness (QED) is 0.361. The second-order valence-corrected chi connectivity index (χ2v) is 5.64. The summed E-state index contributed by atoms with van der Waals surface area (Å²) in [6, 6.07) is 15.9. The van der Waals surface area contributed by atoms with Gasteiger partial charge >= 0.3 is 0 Å². The number of hydrogen-bond donors (Lipinski definition) is 0. The second kappa shape index (κ2) is 7.03. The molecule has 0 saturated heterocycles. The molecular weight excluding hydrogens is 335 g/mol. The van der Waals surface area contributed by atoms with Crippen LogP contribution in [0.4, 0.5) is 10.1 Å². The Balaban J connectivity index is 1.96. The van der Waals surface area contributed by atoms with Crippen molar-refractivity contribution in [3.63, 3.8) is 0 Å². The molecule has 128 valence electrons. The van der Waals surface area contributed by atoms with Crippen molar-refractivity contribution in [3.8, 4) is 17.4 Å². The fraction of sp³-hybridized carbons (Fsp3) is 0.0500. The van der Waals surface area contributed by atoms with Gasteiger partial charge in [0.2, 0.25) is 0 Å². The number of nitriles is 1. The monoisotopic (exact) mass is 348 g/mol. The third-order valence-electron chi connectivity index (χ3n) is 3.86. The number of nitro benzene ring substituents is 1. The van der Waals surface area contributed by atoms with Gasteiger partial charge in [0.05, 0.1) is 16.6 Å². The zero-order valence-electron chi connectivity index (χ0n) is 13.8. The topological polar surface area (TPSA) is 80.1 Å². The molecule has 3 rings (SSSR count). The van der Waals surface area contributed by atoms with Crippen molar-refractivity contribution in [3.05, 3.63) is 87.4 Å². The zero-order valence-corrected chi connectivity index (χ0v) is 13.8. The van der Waals surface area contributed by atoms with Crippen LogP contribution in [0, 0.1) is 34.2 Å². The van der Waals surface area contributed by atoms with Crippen molar-refractivity contribution in [2.24, 2.45) is 0 Å². The highest BCUT2D eigenvalue weighted by Crippen LogP contribution is 2.29. The fourth-order valence-corrected chi connectivity index (χ4v) is 2.52. The van der Waals surface area contributed by atoms with Gasteiger partial charge in [0.1, 0.15) is 17.3 Å². The molecule has 6 heteroatoms. The lowest BCUT2D eigenvalue weighted by Crippen LogP contribution is -1.91. The Morgan fingerprint density at radius 1 is 1.23 bits per heavy atom. The van der Waals surface area contributed by atoms with Crippen molar-refractivity contribution in [1.29, 1.82) is 5.26 Å². The fourth-order valence-electron chi connectivity index (χ4n) is 2.52. The van der Waals surface area contributed by atoms with Crippen molar-refractivity contribution in [1.82, 2.24) is 0 Å². The van der Waals surface area contributed by atoms with Gasteiger partial charge < -0.3 is 4.42 Å². The number of furan rings is 1. The molecule has 0 unspecified atom stereocenters. The summed E-state index contributed by atoms with van der Waals surface area (Å²) in [7, 11) is 0. The standard InChI is InChI=1S/C20H13FN2O3/c1-13-5-6-15(11-19(13)23(24)25)20-8-7-18(26-20)10-16(12-22)14-3-2-4-17(21)9-14/h2-11H,1H3/b16-10-. The molecule has 0 amide bonds. The van der Waals surface area contributed by atoms with E-state index in [4.69, 9.17) is 4.42 Å². The average molecular weight is 348 g/mol. The molecule has 3 aromatic rings. The van der Waals surface area contributed by atoms with E-state index in [2.05, 4.69) is 0 Å². The van der Waals surface area contributed by atoms with Gasteiger partial charge in [-0.2, -0.15) is 5.26 Å². The predicted octanol–water partition coefficient (Wildman–Crippen LogP) is 5.37. The number of hydrogen-bond acceptors (Lipinski definition) is 4. The lowest BCUT2D eigenvalue weighted by Gasteiger charge is -2.01. The van der Waals surface area contributed by atoms with E-state index < -0.39 is 10.7 Å². The van der Waals surface area contributed by atoms with Gasteiger partial charge in [-0.15, -0.1) is 0 Å². The minimum absolute atomic E-state index is 0.00784. The zero-order chi connectivity index (χ0) is 18.7. The van der Waals surface area contributed by atoms with Crippen LogP contribution in [0.2, 0.25) is 0 Å². The third kappa shape index (κ3) is 3.52. The summed E-state index contributed by atoms with van der Waals surface area (Å²) in [6.45, 7) is 1.66. The average Bonchev–Trinajstić information content (AvgIpc) is 3.08. The third-order valence-corrected chi connectivity index (χ3v) is 3.86. The van der Waals surface area contributed by atoms with Gasteiger partial charge in [0, 0.05) is 17.2 Å². The van der Waals surface area contributed by atoms with Crippen LogP contribution in [0.15, 0.2) is 59.0 Å². The largest absolute Gasteiger partial charge is 0.457 e. The van der Waals surface area contributed by atoms with Gasteiger partial charge in [-0.25, -0.2) is 4.39 Å². The summed E-state index contributed by atoms with van der Waals surface area (Å²) in [6.07, 6.45) is 1.50. The van der Waals surface area contributed by atoms with E-state index in [1.807, 2.05) is 6.07 Å². The molecule has 0 fully saturated rings. The van der Waals surface area contributed by atoms with Gasteiger partial charge in [0.15, 0.2) is 0 Å². The molecule has 26 heavy (non-hydrogen) atoms. The van der Waals surface area contributed by atoms with Crippen LogP contribution in [0.3, 0.4) is 0 Å². The van der Waals surface area contributed by atoms with Crippen LogP contribution in [-0.2, 0) is 0 Å². The number of allylic oxidation sites excluding steroid dienone is 1. The van der Waals surface area contributed by atoms with E-state index in [0.29, 0.717) is 28.2 Å². The van der Waals surface area contributed by atoms with Gasteiger partial charge in [-0.05, 0) is 42.8 Å². The molecule has 0 atom stereocenters. The van der Waals surface area contributed by atoms with Crippen LogP contribution in [-0.4, -0.2) is 4.92 Å². The van der Waals surface area contributed by atoms with Gasteiger partial charge in [0.25, 0.3) is 5.69 Å². The molecule has 1 aromatic heterocycles. The van der Waals surface area contributed by atoms with Crippen molar-refractivity contribution in [2.75, 3.05) is 0 Å². The molecule has 0 bridgehead atoms. The van der Waals surface area contributed by atoms with Crippen LogP contribution in [0.5, 0.6) is 0 Å². The first kappa shape index (κ1) is 17.1. The predicted molar refractivity (Wildman–Crippen MR) is 95.4 cm³/mol. The maximum Gasteiger partial charge on any atom is 0.273 e. The Labute approximate surface area is 148 Å².